The fourth-order valence-corrected chi connectivity index (χ4v) is 2.46. The molecule has 1 heterocycles. The van der Waals surface area contributed by atoms with Crippen LogP contribution < -0.4 is 4.74 Å². The number of rotatable bonds is 5. The summed E-state index contributed by atoms with van der Waals surface area (Å²) in [6, 6.07) is 14.4. The van der Waals surface area contributed by atoms with Crippen LogP contribution in [-0.2, 0) is 12.0 Å². The van der Waals surface area contributed by atoms with E-state index in [9.17, 15) is 4.79 Å². The normalized spacial score (nSPS) is 11.3. The molecule has 0 aliphatic rings. The number of hydrogen-bond acceptors (Lipinski definition) is 5. The highest BCUT2D eigenvalue weighted by Gasteiger charge is 2.15. The topological polar surface area (TPSA) is 85.5 Å². The summed E-state index contributed by atoms with van der Waals surface area (Å²) < 4.78 is 10.7. The van der Waals surface area contributed by atoms with Gasteiger partial charge in [0, 0.05) is 5.56 Å². The predicted molar refractivity (Wildman–Crippen MR) is 96.2 cm³/mol. The van der Waals surface area contributed by atoms with E-state index < -0.39 is 5.97 Å². The van der Waals surface area contributed by atoms with Crippen LogP contribution >= 0.6 is 0 Å². The van der Waals surface area contributed by atoms with E-state index in [-0.39, 0.29) is 29.2 Å². The standard InChI is InChI=1S/C20H20N2O4/c1-20(2,3)14-10-8-13(9-11-14)18-21-17(26-22-18)12-25-16-7-5-4-6-15(16)19(23)24/h4-11H,12H2,1-3H3,(H,23,24). The molecule has 0 saturated heterocycles. The molecule has 0 spiro atoms. The van der Waals surface area contributed by atoms with Gasteiger partial charge in [-0.15, -0.1) is 0 Å². The minimum Gasteiger partial charge on any atom is -0.483 e. The number of aromatic nitrogens is 2. The molecule has 0 bridgehead atoms. The molecule has 3 rings (SSSR count). The molecule has 3 aromatic rings. The fraction of sp³-hybridized carbons (Fsp3) is 0.250. The second-order valence-corrected chi connectivity index (χ2v) is 6.93. The number of hydrogen-bond donors (Lipinski definition) is 1. The highest BCUT2D eigenvalue weighted by atomic mass is 16.5. The number of carbonyl (C=O) groups is 1. The van der Waals surface area contributed by atoms with Gasteiger partial charge >= 0.3 is 5.97 Å². The van der Waals surface area contributed by atoms with Crippen molar-refractivity contribution in [3.05, 3.63) is 65.5 Å². The monoisotopic (exact) mass is 352 g/mol. The van der Waals surface area contributed by atoms with Gasteiger partial charge in [-0.2, -0.15) is 4.98 Å². The number of para-hydroxylation sites is 1. The molecule has 26 heavy (non-hydrogen) atoms. The van der Waals surface area contributed by atoms with Crippen molar-refractivity contribution in [1.29, 1.82) is 0 Å². The van der Waals surface area contributed by atoms with Crippen LogP contribution in [0.25, 0.3) is 11.4 Å². The van der Waals surface area contributed by atoms with Crippen molar-refractivity contribution in [2.45, 2.75) is 32.8 Å². The fourth-order valence-electron chi connectivity index (χ4n) is 2.46. The van der Waals surface area contributed by atoms with E-state index in [1.165, 1.54) is 11.6 Å². The minimum absolute atomic E-state index is 0.00261. The van der Waals surface area contributed by atoms with Gasteiger partial charge in [-0.25, -0.2) is 4.79 Å². The highest BCUT2D eigenvalue weighted by molar-refractivity contribution is 5.90. The summed E-state index contributed by atoms with van der Waals surface area (Å²) in [5.74, 6) is -0.0456. The molecule has 2 aromatic carbocycles. The number of carboxylic acids is 1. The van der Waals surface area contributed by atoms with Gasteiger partial charge in [0.2, 0.25) is 5.82 Å². The van der Waals surface area contributed by atoms with Crippen LogP contribution in [0.4, 0.5) is 0 Å². The van der Waals surface area contributed by atoms with E-state index >= 15 is 0 Å². The van der Waals surface area contributed by atoms with Crippen molar-refractivity contribution >= 4 is 5.97 Å². The Morgan fingerprint density at radius 2 is 1.81 bits per heavy atom. The Hall–Kier alpha value is -3.15. The van der Waals surface area contributed by atoms with Crippen molar-refractivity contribution in [1.82, 2.24) is 10.1 Å². The van der Waals surface area contributed by atoms with Crippen LogP contribution in [0.15, 0.2) is 53.1 Å². The zero-order chi connectivity index (χ0) is 18.7. The first-order valence-corrected chi connectivity index (χ1v) is 8.23. The van der Waals surface area contributed by atoms with Crippen molar-refractivity contribution < 1.29 is 19.2 Å². The lowest BCUT2D eigenvalue weighted by molar-refractivity contribution is 0.0691. The van der Waals surface area contributed by atoms with E-state index in [2.05, 4.69) is 30.9 Å². The van der Waals surface area contributed by atoms with Crippen molar-refractivity contribution in [2.24, 2.45) is 0 Å². The third-order valence-electron chi connectivity index (χ3n) is 3.95. The van der Waals surface area contributed by atoms with Gasteiger partial charge in [0.1, 0.15) is 11.3 Å². The Kier molecular flexibility index (Phi) is 4.75. The Bertz CT molecular complexity index is 908. The molecule has 0 aliphatic heterocycles. The van der Waals surface area contributed by atoms with Gasteiger partial charge in [0.15, 0.2) is 6.61 Å². The van der Waals surface area contributed by atoms with E-state index in [1.54, 1.807) is 18.2 Å². The Morgan fingerprint density at radius 3 is 2.46 bits per heavy atom. The molecule has 0 fully saturated rings. The molecular formula is C20H20N2O4. The average molecular weight is 352 g/mol. The van der Waals surface area contributed by atoms with E-state index in [0.717, 1.165) is 5.56 Å². The molecule has 0 atom stereocenters. The van der Waals surface area contributed by atoms with Crippen molar-refractivity contribution in [3.63, 3.8) is 0 Å². The second-order valence-electron chi connectivity index (χ2n) is 6.93. The van der Waals surface area contributed by atoms with Gasteiger partial charge in [-0.3, -0.25) is 0 Å². The van der Waals surface area contributed by atoms with Gasteiger partial charge in [0.05, 0.1) is 0 Å². The van der Waals surface area contributed by atoms with Crippen LogP contribution in [0.1, 0.15) is 42.6 Å². The summed E-state index contributed by atoms with van der Waals surface area (Å²) >= 11 is 0. The van der Waals surface area contributed by atoms with Gasteiger partial charge in [-0.1, -0.05) is 62.3 Å². The summed E-state index contributed by atoms with van der Waals surface area (Å²) in [4.78, 5) is 15.5. The molecule has 0 radical (unpaired) electrons. The van der Waals surface area contributed by atoms with E-state index in [0.29, 0.717) is 5.82 Å². The molecule has 6 nitrogen and oxygen atoms in total. The van der Waals surface area contributed by atoms with Crippen LogP contribution in [0.2, 0.25) is 0 Å². The van der Waals surface area contributed by atoms with Crippen LogP contribution in [0, 0.1) is 0 Å². The quantitative estimate of drug-likeness (QED) is 0.736. The van der Waals surface area contributed by atoms with Crippen LogP contribution in [-0.4, -0.2) is 21.2 Å². The molecular weight excluding hydrogens is 332 g/mol. The number of benzene rings is 2. The average Bonchev–Trinajstić information content (AvgIpc) is 3.08. The summed E-state index contributed by atoms with van der Waals surface area (Å²) in [5.41, 5.74) is 2.23. The van der Waals surface area contributed by atoms with Crippen LogP contribution in [0.5, 0.6) is 5.75 Å². The maximum Gasteiger partial charge on any atom is 0.339 e. The smallest absolute Gasteiger partial charge is 0.339 e. The molecule has 134 valence electrons. The third-order valence-corrected chi connectivity index (χ3v) is 3.95. The summed E-state index contributed by atoms with van der Waals surface area (Å²) in [6.45, 7) is 6.46. The summed E-state index contributed by atoms with van der Waals surface area (Å²) in [5, 5.41) is 13.1. The first kappa shape index (κ1) is 17.7. The van der Waals surface area contributed by atoms with E-state index in [1.807, 2.05) is 24.3 Å². The Morgan fingerprint density at radius 1 is 1.12 bits per heavy atom. The molecule has 0 unspecified atom stereocenters. The SMILES string of the molecule is CC(C)(C)c1ccc(-c2noc(COc3ccccc3C(=O)O)n2)cc1. The van der Waals surface area contributed by atoms with Gasteiger partial charge in [0.25, 0.3) is 5.89 Å². The Labute approximate surface area is 151 Å². The number of aromatic carboxylic acids is 1. The van der Waals surface area contributed by atoms with Crippen molar-refractivity contribution in [2.75, 3.05) is 0 Å². The molecule has 1 aromatic heterocycles. The van der Waals surface area contributed by atoms with Crippen LogP contribution in [0.3, 0.4) is 0 Å². The first-order valence-electron chi connectivity index (χ1n) is 8.23. The number of nitrogens with zero attached hydrogens (tertiary/aromatic N) is 2. The lowest BCUT2D eigenvalue weighted by atomic mass is 9.87. The van der Waals surface area contributed by atoms with Gasteiger partial charge < -0.3 is 14.4 Å². The molecule has 0 saturated carbocycles. The predicted octanol–water partition coefficient (Wildman–Crippen LogP) is 4.31. The molecule has 6 heteroatoms. The zero-order valence-corrected chi connectivity index (χ0v) is 14.9. The molecule has 1 N–H and O–H groups in total. The third kappa shape index (κ3) is 3.91. The van der Waals surface area contributed by atoms with Gasteiger partial charge in [-0.05, 0) is 23.1 Å². The molecule has 0 amide bonds. The highest BCUT2D eigenvalue weighted by Crippen LogP contribution is 2.25. The number of ether oxygens (including phenoxy) is 1. The Balaban J connectivity index is 1.72. The van der Waals surface area contributed by atoms with Crippen molar-refractivity contribution in [3.8, 4) is 17.1 Å². The lowest BCUT2D eigenvalue weighted by Gasteiger charge is -2.18. The summed E-state index contributed by atoms with van der Waals surface area (Å²) in [7, 11) is 0. The second kappa shape index (κ2) is 7.00. The zero-order valence-electron chi connectivity index (χ0n) is 14.9. The largest absolute Gasteiger partial charge is 0.483 e. The molecule has 0 aliphatic carbocycles. The first-order chi connectivity index (χ1) is 12.3. The van der Waals surface area contributed by atoms with E-state index in [4.69, 9.17) is 14.4 Å². The maximum atomic E-state index is 11.2. The maximum absolute atomic E-state index is 11.2. The number of carboxylic acid groups (broad SMARTS) is 1. The minimum atomic E-state index is -1.05. The summed E-state index contributed by atoms with van der Waals surface area (Å²) in [6.07, 6.45) is 0. The lowest BCUT2D eigenvalue weighted by Crippen LogP contribution is -2.10.